The summed E-state index contributed by atoms with van der Waals surface area (Å²) in [6.07, 6.45) is 0.349. The van der Waals surface area contributed by atoms with E-state index in [9.17, 15) is 5.11 Å². The first-order chi connectivity index (χ1) is 8.70. The molecule has 0 aliphatic heterocycles. The minimum absolute atomic E-state index is 0.385. The van der Waals surface area contributed by atoms with Crippen molar-refractivity contribution in [2.24, 2.45) is 0 Å². The topological polar surface area (TPSA) is 20.2 Å². The molecule has 2 aromatic carbocycles. The monoisotopic (exact) mass is 322 g/mol. The van der Waals surface area contributed by atoms with E-state index < -0.39 is 0 Å². The Bertz CT molecular complexity index is 510. The Hall–Kier alpha value is -0.770. The van der Waals surface area contributed by atoms with Crippen LogP contribution in [-0.4, -0.2) is 5.11 Å². The molecule has 0 radical (unpaired) electrons. The van der Waals surface area contributed by atoms with Gasteiger partial charge >= 0.3 is 0 Å². The van der Waals surface area contributed by atoms with Crippen molar-refractivity contribution in [1.82, 2.24) is 0 Å². The molecule has 0 spiro atoms. The normalized spacial score (nSPS) is 12.4. The van der Waals surface area contributed by atoms with Crippen LogP contribution in [0.2, 0.25) is 0 Å². The molecule has 1 atom stereocenters. The quantitative estimate of drug-likeness (QED) is 0.850. The highest BCUT2D eigenvalue weighted by Gasteiger charge is 2.10. The molecule has 3 heteroatoms. The van der Waals surface area contributed by atoms with Crippen molar-refractivity contribution in [3.05, 3.63) is 58.6 Å². The van der Waals surface area contributed by atoms with Gasteiger partial charge in [-0.3, -0.25) is 0 Å². The molecule has 1 N–H and O–H groups in total. The molecule has 94 valence electrons. The van der Waals surface area contributed by atoms with Crippen molar-refractivity contribution in [2.75, 3.05) is 0 Å². The van der Waals surface area contributed by atoms with E-state index in [-0.39, 0.29) is 6.10 Å². The molecule has 1 nitrogen and oxygen atoms in total. The van der Waals surface area contributed by atoms with Crippen LogP contribution in [0.5, 0.6) is 0 Å². The smallest absolute Gasteiger partial charge is 0.0798 e. The number of aliphatic hydroxyl groups is 1. The molecule has 18 heavy (non-hydrogen) atoms. The standard InChI is InChI=1S/C15H15BrOS/c1-2-14(17)13-5-3-4-6-15(13)18-12-9-7-11(16)8-10-12/h3-10,14,17H,2H2,1H3/t14-/m0/s1. The molecular formula is C15H15BrOS. The fourth-order valence-corrected chi connectivity index (χ4v) is 2.96. The lowest BCUT2D eigenvalue weighted by Gasteiger charge is -2.13. The van der Waals surface area contributed by atoms with Gasteiger partial charge in [0.1, 0.15) is 0 Å². The maximum atomic E-state index is 10.0. The zero-order chi connectivity index (χ0) is 13.0. The van der Waals surface area contributed by atoms with Crippen molar-refractivity contribution in [2.45, 2.75) is 29.2 Å². The van der Waals surface area contributed by atoms with Crippen LogP contribution >= 0.6 is 27.7 Å². The van der Waals surface area contributed by atoms with Gasteiger partial charge in [0.2, 0.25) is 0 Å². The highest BCUT2D eigenvalue weighted by atomic mass is 79.9. The van der Waals surface area contributed by atoms with Crippen LogP contribution in [0.1, 0.15) is 25.0 Å². The molecule has 0 bridgehead atoms. The van der Waals surface area contributed by atoms with Gasteiger partial charge in [-0.25, -0.2) is 0 Å². The molecule has 0 heterocycles. The van der Waals surface area contributed by atoms with E-state index in [1.54, 1.807) is 11.8 Å². The first-order valence-corrected chi connectivity index (χ1v) is 7.52. The highest BCUT2D eigenvalue weighted by Crippen LogP contribution is 2.34. The van der Waals surface area contributed by atoms with Crippen LogP contribution in [0.3, 0.4) is 0 Å². The molecular weight excluding hydrogens is 308 g/mol. The first-order valence-electron chi connectivity index (χ1n) is 5.91. The predicted molar refractivity (Wildman–Crippen MR) is 80.0 cm³/mol. The summed E-state index contributed by atoms with van der Waals surface area (Å²) in [5.41, 5.74) is 1.01. The van der Waals surface area contributed by atoms with Crippen LogP contribution in [-0.2, 0) is 0 Å². The number of benzene rings is 2. The van der Waals surface area contributed by atoms with Crippen molar-refractivity contribution < 1.29 is 5.11 Å². The van der Waals surface area contributed by atoms with Crippen LogP contribution in [0.25, 0.3) is 0 Å². The average molecular weight is 323 g/mol. The van der Waals surface area contributed by atoms with Crippen LogP contribution < -0.4 is 0 Å². The van der Waals surface area contributed by atoms with E-state index >= 15 is 0 Å². The molecule has 0 fully saturated rings. The highest BCUT2D eigenvalue weighted by molar-refractivity contribution is 9.10. The second-order valence-corrected chi connectivity index (χ2v) is 6.05. The summed E-state index contributed by atoms with van der Waals surface area (Å²) in [4.78, 5) is 2.29. The van der Waals surface area contributed by atoms with Gasteiger partial charge in [-0.15, -0.1) is 0 Å². The maximum absolute atomic E-state index is 10.0. The summed E-state index contributed by atoms with van der Waals surface area (Å²) in [6.45, 7) is 1.99. The lowest BCUT2D eigenvalue weighted by atomic mass is 10.1. The number of halogens is 1. The second-order valence-electron chi connectivity index (χ2n) is 4.02. The van der Waals surface area contributed by atoms with E-state index in [1.165, 1.54) is 4.90 Å². The Labute approximate surface area is 120 Å². The van der Waals surface area contributed by atoms with Gasteiger partial charge in [0.15, 0.2) is 0 Å². The number of hydrogen-bond acceptors (Lipinski definition) is 2. The van der Waals surface area contributed by atoms with Gasteiger partial charge in [0.25, 0.3) is 0 Å². The number of hydrogen-bond donors (Lipinski definition) is 1. The van der Waals surface area contributed by atoms with Gasteiger partial charge in [-0.05, 0) is 42.3 Å². The van der Waals surface area contributed by atoms with E-state index in [0.29, 0.717) is 0 Å². The van der Waals surface area contributed by atoms with Crippen LogP contribution in [0, 0.1) is 0 Å². The van der Waals surface area contributed by atoms with Crippen molar-refractivity contribution in [3.63, 3.8) is 0 Å². The summed E-state index contributed by atoms with van der Waals surface area (Å²) in [5.74, 6) is 0. The van der Waals surface area contributed by atoms with E-state index in [4.69, 9.17) is 0 Å². The average Bonchev–Trinajstić information content (AvgIpc) is 2.41. The third-order valence-corrected chi connectivity index (χ3v) is 4.33. The van der Waals surface area contributed by atoms with Gasteiger partial charge in [-0.1, -0.05) is 52.8 Å². The molecule has 0 aliphatic carbocycles. The Morgan fingerprint density at radius 1 is 1.11 bits per heavy atom. The third kappa shape index (κ3) is 3.37. The summed E-state index contributed by atoms with van der Waals surface area (Å²) >= 11 is 5.12. The molecule has 2 aromatic rings. The summed E-state index contributed by atoms with van der Waals surface area (Å²) in [6, 6.07) is 16.2. The molecule has 0 saturated carbocycles. The largest absolute Gasteiger partial charge is 0.388 e. The van der Waals surface area contributed by atoms with Gasteiger partial charge < -0.3 is 5.11 Å². The van der Waals surface area contributed by atoms with E-state index in [1.807, 2.05) is 37.3 Å². The SMILES string of the molecule is CC[C@H](O)c1ccccc1Sc1ccc(Br)cc1. The molecule has 0 amide bonds. The maximum Gasteiger partial charge on any atom is 0.0798 e. The van der Waals surface area contributed by atoms with Crippen LogP contribution in [0.4, 0.5) is 0 Å². The lowest BCUT2D eigenvalue weighted by molar-refractivity contribution is 0.171. The predicted octanol–water partition coefficient (Wildman–Crippen LogP) is 5.04. The number of rotatable bonds is 4. The van der Waals surface area contributed by atoms with E-state index in [0.717, 1.165) is 21.4 Å². The Morgan fingerprint density at radius 3 is 2.44 bits per heavy atom. The summed E-state index contributed by atoms with van der Waals surface area (Å²) < 4.78 is 1.08. The van der Waals surface area contributed by atoms with Crippen molar-refractivity contribution >= 4 is 27.7 Å². The number of aliphatic hydroxyl groups excluding tert-OH is 1. The Kier molecular flexibility index (Phi) is 4.87. The van der Waals surface area contributed by atoms with Crippen molar-refractivity contribution in [1.29, 1.82) is 0 Å². The molecule has 0 unspecified atom stereocenters. The molecule has 2 rings (SSSR count). The zero-order valence-electron chi connectivity index (χ0n) is 10.1. The first kappa shape index (κ1) is 13.7. The Balaban J connectivity index is 2.26. The minimum atomic E-state index is -0.385. The van der Waals surface area contributed by atoms with Crippen LogP contribution in [0.15, 0.2) is 62.8 Å². The minimum Gasteiger partial charge on any atom is -0.388 e. The molecule has 0 aliphatic rings. The van der Waals surface area contributed by atoms with E-state index in [2.05, 4.69) is 34.1 Å². The fraction of sp³-hybridized carbons (Fsp3) is 0.200. The fourth-order valence-electron chi connectivity index (χ4n) is 1.70. The van der Waals surface area contributed by atoms with Gasteiger partial charge in [0, 0.05) is 14.3 Å². The molecule has 0 saturated heterocycles. The zero-order valence-corrected chi connectivity index (χ0v) is 12.5. The summed E-state index contributed by atoms with van der Waals surface area (Å²) in [7, 11) is 0. The Morgan fingerprint density at radius 2 is 1.78 bits per heavy atom. The van der Waals surface area contributed by atoms with Gasteiger partial charge in [0.05, 0.1) is 6.10 Å². The van der Waals surface area contributed by atoms with Crippen molar-refractivity contribution in [3.8, 4) is 0 Å². The second kappa shape index (κ2) is 6.41. The van der Waals surface area contributed by atoms with Gasteiger partial charge in [-0.2, -0.15) is 0 Å². The summed E-state index contributed by atoms with van der Waals surface area (Å²) in [5, 5.41) is 10.0. The third-order valence-electron chi connectivity index (χ3n) is 2.71. The lowest BCUT2D eigenvalue weighted by Crippen LogP contribution is -1.96. The molecule has 0 aromatic heterocycles.